The second kappa shape index (κ2) is 2.37. The molecule has 0 aliphatic carbocycles. The lowest BCUT2D eigenvalue weighted by atomic mass is 10.6. The minimum Gasteiger partial charge on any atom is -0.368 e. The van der Waals surface area contributed by atoms with Gasteiger partial charge in [0.1, 0.15) is 5.37 Å². The first-order valence-electron chi connectivity index (χ1n) is 2.45. The van der Waals surface area contributed by atoms with Crippen molar-refractivity contribution in [3.05, 3.63) is 0 Å². The smallest absolute Gasteiger partial charge is 0.244 e. The van der Waals surface area contributed by atoms with Crippen molar-refractivity contribution in [3.63, 3.8) is 0 Å². The zero-order valence-electron chi connectivity index (χ0n) is 4.39. The summed E-state index contributed by atoms with van der Waals surface area (Å²) in [6.45, 7) is 0.901. The Bertz CT molecular complexity index is 100. The summed E-state index contributed by atoms with van der Waals surface area (Å²) in [5.41, 5.74) is 4.98. The molecule has 1 aliphatic heterocycles. The standard InChI is InChI=1S/C4H8N2OS/c5-3(7)4-6-1-2-8-4/h4,6H,1-2H2,(H2,5,7). The van der Waals surface area contributed by atoms with E-state index in [1.807, 2.05) is 0 Å². The van der Waals surface area contributed by atoms with Crippen LogP contribution in [-0.2, 0) is 4.79 Å². The SMILES string of the molecule is NC(=O)C1NCCS1. The molecule has 0 spiro atoms. The molecule has 8 heavy (non-hydrogen) atoms. The summed E-state index contributed by atoms with van der Waals surface area (Å²) < 4.78 is 0. The zero-order chi connectivity index (χ0) is 5.98. The Morgan fingerprint density at radius 2 is 2.62 bits per heavy atom. The van der Waals surface area contributed by atoms with E-state index in [1.54, 1.807) is 11.8 Å². The summed E-state index contributed by atoms with van der Waals surface area (Å²) in [4.78, 5) is 10.3. The lowest BCUT2D eigenvalue weighted by Gasteiger charge is -2.00. The quantitative estimate of drug-likeness (QED) is 0.488. The zero-order valence-corrected chi connectivity index (χ0v) is 5.20. The number of amides is 1. The number of primary amides is 1. The molecule has 3 N–H and O–H groups in total. The molecule has 3 nitrogen and oxygen atoms in total. The Morgan fingerprint density at radius 1 is 1.88 bits per heavy atom. The minimum absolute atomic E-state index is 0.130. The first kappa shape index (κ1) is 5.91. The van der Waals surface area contributed by atoms with Gasteiger partial charge in [0, 0.05) is 12.3 Å². The van der Waals surface area contributed by atoms with Gasteiger partial charge in [-0.2, -0.15) is 0 Å². The van der Waals surface area contributed by atoms with Crippen molar-refractivity contribution in [2.75, 3.05) is 12.3 Å². The normalized spacial score (nSPS) is 28.2. The molecule has 0 bridgehead atoms. The Morgan fingerprint density at radius 3 is 2.88 bits per heavy atom. The number of rotatable bonds is 1. The van der Waals surface area contributed by atoms with Gasteiger partial charge < -0.3 is 5.73 Å². The molecule has 1 atom stereocenters. The Labute approximate surface area is 52.0 Å². The van der Waals surface area contributed by atoms with Crippen LogP contribution in [-0.4, -0.2) is 23.6 Å². The summed E-state index contributed by atoms with van der Waals surface area (Å²) >= 11 is 1.56. The molecule has 0 radical (unpaired) electrons. The van der Waals surface area contributed by atoms with Crippen molar-refractivity contribution in [3.8, 4) is 0 Å². The number of nitrogens with one attached hydrogen (secondary N) is 1. The van der Waals surface area contributed by atoms with E-state index in [9.17, 15) is 4.79 Å². The van der Waals surface area contributed by atoms with Crippen LogP contribution < -0.4 is 11.1 Å². The average Bonchev–Trinajstić information content (AvgIpc) is 2.12. The number of hydrogen-bond donors (Lipinski definition) is 2. The van der Waals surface area contributed by atoms with Crippen LogP contribution in [0.3, 0.4) is 0 Å². The Kier molecular flexibility index (Phi) is 1.75. The molecular formula is C4H8N2OS. The van der Waals surface area contributed by atoms with Crippen molar-refractivity contribution in [1.29, 1.82) is 0 Å². The van der Waals surface area contributed by atoms with E-state index in [1.165, 1.54) is 0 Å². The molecule has 1 unspecified atom stereocenters. The molecule has 1 saturated heterocycles. The lowest BCUT2D eigenvalue weighted by Crippen LogP contribution is -2.34. The molecule has 0 aromatic rings. The number of thioether (sulfide) groups is 1. The monoisotopic (exact) mass is 132 g/mol. The van der Waals surface area contributed by atoms with E-state index < -0.39 is 0 Å². The highest BCUT2D eigenvalue weighted by atomic mass is 32.2. The van der Waals surface area contributed by atoms with Crippen LogP contribution in [0.15, 0.2) is 0 Å². The summed E-state index contributed by atoms with van der Waals surface area (Å²) in [5.74, 6) is 0.737. The molecule has 0 aromatic heterocycles. The van der Waals surface area contributed by atoms with Crippen molar-refractivity contribution in [1.82, 2.24) is 5.32 Å². The number of nitrogens with two attached hydrogens (primary N) is 1. The molecule has 1 amide bonds. The highest BCUT2D eigenvalue weighted by Crippen LogP contribution is 2.11. The maximum atomic E-state index is 10.3. The maximum absolute atomic E-state index is 10.3. The maximum Gasteiger partial charge on any atom is 0.244 e. The largest absolute Gasteiger partial charge is 0.368 e. The van der Waals surface area contributed by atoms with Crippen molar-refractivity contribution in [2.45, 2.75) is 5.37 Å². The van der Waals surface area contributed by atoms with Gasteiger partial charge in [-0.1, -0.05) is 0 Å². The topological polar surface area (TPSA) is 55.1 Å². The molecule has 0 saturated carbocycles. The van der Waals surface area contributed by atoms with E-state index >= 15 is 0 Å². The Hall–Kier alpha value is -0.220. The number of carbonyl (C=O) groups is 1. The summed E-state index contributed by atoms with van der Waals surface area (Å²) in [7, 11) is 0. The van der Waals surface area contributed by atoms with Gasteiger partial charge in [0.2, 0.25) is 5.91 Å². The molecule has 1 fully saturated rings. The first-order chi connectivity index (χ1) is 3.80. The second-order valence-electron chi connectivity index (χ2n) is 1.61. The molecule has 46 valence electrons. The van der Waals surface area contributed by atoms with Crippen LogP contribution in [0.2, 0.25) is 0 Å². The predicted molar refractivity (Wildman–Crippen MR) is 33.4 cm³/mol. The highest BCUT2D eigenvalue weighted by Gasteiger charge is 2.18. The fourth-order valence-corrected chi connectivity index (χ4v) is 1.48. The van der Waals surface area contributed by atoms with E-state index in [0.29, 0.717) is 0 Å². The summed E-state index contributed by atoms with van der Waals surface area (Å²) in [6.07, 6.45) is 0. The van der Waals surface area contributed by atoms with E-state index in [-0.39, 0.29) is 11.3 Å². The molecular weight excluding hydrogens is 124 g/mol. The van der Waals surface area contributed by atoms with Gasteiger partial charge >= 0.3 is 0 Å². The third kappa shape index (κ3) is 1.14. The van der Waals surface area contributed by atoms with Gasteiger partial charge in [-0.3, -0.25) is 10.1 Å². The first-order valence-corrected chi connectivity index (χ1v) is 3.50. The van der Waals surface area contributed by atoms with E-state index in [2.05, 4.69) is 5.32 Å². The third-order valence-electron chi connectivity index (χ3n) is 0.975. The van der Waals surface area contributed by atoms with E-state index in [0.717, 1.165) is 12.3 Å². The molecule has 1 heterocycles. The second-order valence-corrected chi connectivity index (χ2v) is 2.82. The molecule has 0 aromatic carbocycles. The van der Waals surface area contributed by atoms with Gasteiger partial charge in [-0.05, 0) is 0 Å². The summed E-state index contributed by atoms with van der Waals surface area (Å²) in [6, 6.07) is 0. The van der Waals surface area contributed by atoms with Gasteiger partial charge in [-0.15, -0.1) is 11.8 Å². The van der Waals surface area contributed by atoms with Crippen molar-refractivity contribution >= 4 is 17.7 Å². The van der Waals surface area contributed by atoms with Crippen LogP contribution in [0.25, 0.3) is 0 Å². The lowest BCUT2D eigenvalue weighted by molar-refractivity contribution is -0.117. The Balaban J connectivity index is 2.35. The van der Waals surface area contributed by atoms with Crippen LogP contribution in [0, 0.1) is 0 Å². The van der Waals surface area contributed by atoms with Gasteiger partial charge in [0.05, 0.1) is 0 Å². The van der Waals surface area contributed by atoms with Crippen LogP contribution in [0.5, 0.6) is 0 Å². The minimum atomic E-state index is -0.257. The fourth-order valence-electron chi connectivity index (χ4n) is 0.608. The van der Waals surface area contributed by atoms with Crippen LogP contribution >= 0.6 is 11.8 Å². The van der Waals surface area contributed by atoms with Gasteiger partial charge in [-0.25, -0.2) is 0 Å². The van der Waals surface area contributed by atoms with Crippen LogP contribution in [0.1, 0.15) is 0 Å². The van der Waals surface area contributed by atoms with Gasteiger partial charge in [0.15, 0.2) is 0 Å². The highest BCUT2D eigenvalue weighted by molar-refractivity contribution is 8.00. The van der Waals surface area contributed by atoms with E-state index in [4.69, 9.17) is 5.73 Å². The summed E-state index contributed by atoms with van der Waals surface area (Å²) in [5, 5.41) is 2.81. The average molecular weight is 132 g/mol. The fraction of sp³-hybridized carbons (Fsp3) is 0.750. The molecule has 4 heteroatoms. The van der Waals surface area contributed by atoms with Crippen LogP contribution in [0.4, 0.5) is 0 Å². The predicted octanol–water partition coefficient (Wildman–Crippen LogP) is -0.866. The number of hydrogen-bond acceptors (Lipinski definition) is 3. The van der Waals surface area contributed by atoms with Gasteiger partial charge in [0.25, 0.3) is 0 Å². The molecule has 1 rings (SSSR count). The van der Waals surface area contributed by atoms with Crippen molar-refractivity contribution < 1.29 is 4.79 Å². The number of carbonyl (C=O) groups excluding carboxylic acids is 1. The molecule has 1 aliphatic rings. The van der Waals surface area contributed by atoms with Crippen molar-refractivity contribution in [2.24, 2.45) is 5.73 Å². The third-order valence-corrected chi connectivity index (χ3v) is 2.15.